The van der Waals surface area contributed by atoms with Crippen LogP contribution in [0, 0.1) is 0 Å². The molecule has 1 atom stereocenters. The Hall–Kier alpha value is -2.71. The summed E-state index contributed by atoms with van der Waals surface area (Å²) in [6.07, 6.45) is 1.91. The predicted molar refractivity (Wildman–Crippen MR) is 106 cm³/mol. The van der Waals surface area contributed by atoms with Gasteiger partial charge in [0, 0.05) is 18.6 Å². The first-order valence-electron chi connectivity index (χ1n) is 9.08. The summed E-state index contributed by atoms with van der Waals surface area (Å²) in [4.78, 5) is 12.8. The van der Waals surface area contributed by atoms with E-state index in [2.05, 4.69) is 24.3 Å². The monoisotopic (exact) mass is 344 g/mol. The topological polar surface area (TPSA) is 37.3 Å². The predicted octanol–water partition coefficient (Wildman–Crippen LogP) is 4.82. The second-order valence-electron chi connectivity index (χ2n) is 6.55. The molecule has 0 amide bonds. The maximum absolute atomic E-state index is 12.8. The number of rotatable bonds is 8. The van der Waals surface area contributed by atoms with Crippen molar-refractivity contribution in [1.29, 1.82) is 0 Å². The lowest BCUT2D eigenvalue weighted by atomic mass is 9.85. The van der Waals surface area contributed by atoms with Gasteiger partial charge in [-0.15, -0.1) is 0 Å². The molecule has 26 heavy (non-hydrogen) atoms. The Balaban J connectivity index is 1.86. The fourth-order valence-corrected chi connectivity index (χ4v) is 3.39. The molecule has 0 saturated carbocycles. The van der Waals surface area contributed by atoms with Crippen molar-refractivity contribution in [3.63, 3.8) is 0 Å². The minimum absolute atomic E-state index is 0.115. The zero-order valence-electron chi connectivity index (χ0n) is 14.8. The second-order valence-corrected chi connectivity index (χ2v) is 6.55. The lowest BCUT2D eigenvalue weighted by Gasteiger charge is -2.19. The Labute approximate surface area is 155 Å². The number of hydrogen-bond acceptors (Lipinski definition) is 2. The summed E-state index contributed by atoms with van der Waals surface area (Å²) in [5.74, 6) is 0.280. The molecule has 0 radical (unpaired) electrons. The Morgan fingerprint density at radius 1 is 0.769 bits per heavy atom. The molecule has 0 aliphatic rings. The summed E-state index contributed by atoms with van der Waals surface area (Å²) in [7, 11) is 0. The van der Waals surface area contributed by atoms with E-state index in [0.29, 0.717) is 12.8 Å². The van der Waals surface area contributed by atoms with Gasteiger partial charge in [-0.25, -0.2) is 0 Å². The first-order valence-corrected chi connectivity index (χ1v) is 9.08. The molecule has 2 heteroatoms. The average Bonchev–Trinajstić information content (AvgIpc) is 2.70. The molecule has 0 saturated heterocycles. The SMILES string of the molecule is O=C(CC(Cc1ccccc1CCO)c1ccccc1)c1ccccc1. The zero-order chi connectivity index (χ0) is 18.2. The highest BCUT2D eigenvalue weighted by molar-refractivity contribution is 5.96. The molecule has 0 fully saturated rings. The first kappa shape index (κ1) is 18.1. The normalized spacial score (nSPS) is 11.9. The van der Waals surface area contributed by atoms with Gasteiger partial charge < -0.3 is 5.11 Å². The van der Waals surface area contributed by atoms with Gasteiger partial charge in [0.25, 0.3) is 0 Å². The van der Waals surface area contributed by atoms with Crippen molar-refractivity contribution >= 4 is 5.78 Å². The Bertz CT molecular complexity index is 825. The molecule has 3 rings (SSSR count). The van der Waals surface area contributed by atoms with Crippen LogP contribution in [0.25, 0.3) is 0 Å². The molecule has 0 aliphatic heterocycles. The first-order chi connectivity index (χ1) is 12.8. The minimum Gasteiger partial charge on any atom is -0.396 e. The van der Waals surface area contributed by atoms with Crippen molar-refractivity contribution in [3.05, 3.63) is 107 Å². The van der Waals surface area contributed by atoms with Gasteiger partial charge >= 0.3 is 0 Å². The largest absolute Gasteiger partial charge is 0.396 e. The fraction of sp³-hybridized carbons (Fsp3) is 0.208. The molecule has 3 aromatic rings. The molecule has 132 valence electrons. The summed E-state index contributed by atoms with van der Waals surface area (Å²) >= 11 is 0. The molecule has 0 heterocycles. The van der Waals surface area contributed by atoms with Crippen LogP contribution in [-0.2, 0) is 12.8 Å². The van der Waals surface area contributed by atoms with Crippen molar-refractivity contribution < 1.29 is 9.90 Å². The van der Waals surface area contributed by atoms with Crippen molar-refractivity contribution in [2.75, 3.05) is 6.61 Å². The third kappa shape index (κ3) is 4.68. The van der Waals surface area contributed by atoms with Crippen LogP contribution in [0.1, 0.15) is 39.4 Å². The number of carbonyl (C=O) groups is 1. The van der Waals surface area contributed by atoms with E-state index < -0.39 is 0 Å². The maximum Gasteiger partial charge on any atom is 0.163 e. The Morgan fingerprint density at radius 3 is 2.00 bits per heavy atom. The van der Waals surface area contributed by atoms with E-state index in [-0.39, 0.29) is 18.3 Å². The molecular weight excluding hydrogens is 320 g/mol. The Morgan fingerprint density at radius 2 is 1.35 bits per heavy atom. The van der Waals surface area contributed by atoms with Crippen LogP contribution in [-0.4, -0.2) is 17.5 Å². The summed E-state index contributed by atoms with van der Waals surface area (Å²) in [5.41, 5.74) is 4.30. The van der Waals surface area contributed by atoms with Gasteiger partial charge in [0.05, 0.1) is 0 Å². The van der Waals surface area contributed by atoms with E-state index in [0.717, 1.165) is 17.5 Å². The van der Waals surface area contributed by atoms with Crippen LogP contribution < -0.4 is 0 Å². The van der Waals surface area contributed by atoms with Crippen molar-refractivity contribution in [3.8, 4) is 0 Å². The van der Waals surface area contributed by atoms with E-state index in [4.69, 9.17) is 0 Å². The smallest absolute Gasteiger partial charge is 0.163 e. The number of benzene rings is 3. The third-order valence-corrected chi connectivity index (χ3v) is 4.76. The van der Waals surface area contributed by atoms with Crippen LogP contribution in [0.3, 0.4) is 0 Å². The molecule has 2 nitrogen and oxygen atoms in total. The number of carbonyl (C=O) groups excluding carboxylic acids is 1. The van der Waals surface area contributed by atoms with Gasteiger partial charge in [-0.2, -0.15) is 0 Å². The van der Waals surface area contributed by atoms with Crippen molar-refractivity contribution in [2.24, 2.45) is 0 Å². The van der Waals surface area contributed by atoms with Crippen molar-refractivity contribution in [2.45, 2.75) is 25.2 Å². The van der Waals surface area contributed by atoms with Crippen LogP contribution >= 0.6 is 0 Å². The van der Waals surface area contributed by atoms with Gasteiger partial charge in [0.15, 0.2) is 5.78 Å². The summed E-state index contributed by atoms with van der Waals surface area (Å²) in [5, 5.41) is 9.34. The van der Waals surface area contributed by atoms with Crippen LogP contribution in [0.2, 0.25) is 0 Å². The number of aliphatic hydroxyl groups excluding tert-OH is 1. The van der Waals surface area contributed by atoms with E-state index in [1.807, 2.05) is 60.7 Å². The summed E-state index contributed by atoms with van der Waals surface area (Å²) in [6.45, 7) is 0.135. The third-order valence-electron chi connectivity index (χ3n) is 4.76. The minimum atomic E-state index is 0.115. The van der Waals surface area contributed by atoms with Gasteiger partial charge in [-0.05, 0) is 35.4 Å². The second kappa shape index (κ2) is 9.12. The summed E-state index contributed by atoms with van der Waals surface area (Å²) in [6, 6.07) is 27.9. The number of aliphatic hydroxyl groups is 1. The maximum atomic E-state index is 12.8. The Kier molecular flexibility index (Phi) is 6.34. The van der Waals surface area contributed by atoms with E-state index >= 15 is 0 Å². The van der Waals surface area contributed by atoms with Gasteiger partial charge in [-0.3, -0.25) is 4.79 Å². The lowest BCUT2D eigenvalue weighted by molar-refractivity contribution is 0.0973. The molecular formula is C24H24O2. The van der Waals surface area contributed by atoms with E-state index in [1.54, 1.807) is 0 Å². The molecule has 0 aromatic heterocycles. The van der Waals surface area contributed by atoms with Gasteiger partial charge in [-0.1, -0.05) is 84.9 Å². The molecule has 1 unspecified atom stereocenters. The average molecular weight is 344 g/mol. The van der Waals surface area contributed by atoms with Gasteiger partial charge in [0.2, 0.25) is 0 Å². The fourth-order valence-electron chi connectivity index (χ4n) is 3.39. The molecule has 0 spiro atoms. The van der Waals surface area contributed by atoms with Crippen LogP contribution in [0.5, 0.6) is 0 Å². The standard InChI is InChI=1S/C24H24O2/c25-16-15-20-11-7-8-14-22(20)17-23(19-9-3-1-4-10-19)18-24(26)21-12-5-2-6-13-21/h1-14,23,25H,15-18H2. The highest BCUT2D eigenvalue weighted by Crippen LogP contribution is 2.27. The highest BCUT2D eigenvalue weighted by Gasteiger charge is 2.19. The molecule has 0 bridgehead atoms. The number of ketones is 1. The number of hydrogen-bond donors (Lipinski definition) is 1. The zero-order valence-corrected chi connectivity index (χ0v) is 14.8. The summed E-state index contributed by atoms with van der Waals surface area (Å²) < 4.78 is 0. The van der Waals surface area contributed by atoms with Crippen LogP contribution in [0.15, 0.2) is 84.9 Å². The van der Waals surface area contributed by atoms with Crippen LogP contribution in [0.4, 0.5) is 0 Å². The lowest BCUT2D eigenvalue weighted by Crippen LogP contribution is -2.12. The van der Waals surface area contributed by atoms with E-state index in [9.17, 15) is 9.90 Å². The van der Waals surface area contributed by atoms with E-state index in [1.165, 1.54) is 11.1 Å². The molecule has 1 N–H and O–H groups in total. The van der Waals surface area contributed by atoms with Gasteiger partial charge in [0.1, 0.15) is 0 Å². The molecule has 0 aliphatic carbocycles. The highest BCUT2D eigenvalue weighted by atomic mass is 16.2. The molecule has 3 aromatic carbocycles. The number of Topliss-reactive ketones (excluding diaryl/α,β-unsaturated/α-hetero) is 1. The quantitative estimate of drug-likeness (QED) is 0.595. The van der Waals surface area contributed by atoms with Crippen molar-refractivity contribution in [1.82, 2.24) is 0 Å².